The first-order chi connectivity index (χ1) is 10.3. The van der Waals surface area contributed by atoms with Gasteiger partial charge < -0.3 is 4.74 Å². The molecule has 0 radical (unpaired) electrons. The summed E-state index contributed by atoms with van der Waals surface area (Å²) in [4.78, 5) is 12.1. The Morgan fingerprint density at radius 1 is 1.45 bits per heavy atom. The van der Waals surface area contributed by atoms with E-state index in [1.807, 2.05) is 0 Å². The van der Waals surface area contributed by atoms with Crippen LogP contribution in [-0.2, 0) is 16.0 Å². The summed E-state index contributed by atoms with van der Waals surface area (Å²) in [5.74, 6) is 0.652. The monoisotopic (exact) mass is 300 g/mol. The van der Waals surface area contributed by atoms with Gasteiger partial charge in [-0.2, -0.15) is 0 Å². The molecule has 0 aliphatic heterocycles. The lowest BCUT2D eigenvalue weighted by Crippen LogP contribution is -2.23. The van der Waals surface area contributed by atoms with Gasteiger partial charge in [0.2, 0.25) is 0 Å². The van der Waals surface area contributed by atoms with E-state index in [-0.39, 0.29) is 23.9 Å². The first-order valence-corrected chi connectivity index (χ1v) is 8.22. The first-order valence-electron chi connectivity index (χ1n) is 8.22. The van der Waals surface area contributed by atoms with Crippen molar-refractivity contribution in [2.24, 2.45) is 5.41 Å². The number of hydrogen-bond acceptors (Lipinski definition) is 2. The normalized spacial score (nSPS) is 18.6. The molecule has 0 amide bonds. The molecule has 1 aliphatic carbocycles. The molecule has 0 fully saturated rings. The Bertz CT molecular complexity index is 551. The molecule has 120 valence electrons. The number of rotatable bonds is 5. The summed E-state index contributed by atoms with van der Waals surface area (Å²) in [6, 6.07) is 6.78. The first kappa shape index (κ1) is 16.8. The topological polar surface area (TPSA) is 26.3 Å². The van der Waals surface area contributed by atoms with E-state index in [4.69, 9.17) is 4.74 Å². The maximum Gasteiger partial charge on any atom is 0.306 e. The van der Waals surface area contributed by atoms with E-state index in [0.29, 0.717) is 12.3 Å². The Balaban J connectivity index is 2.25. The Hall–Kier alpha value is -1.57. The Labute approximate surface area is 134 Å². The third-order valence-corrected chi connectivity index (χ3v) is 4.73. The van der Waals surface area contributed by atoms with Crippen molar-refractivity contribution in [2.45, 2.75) is 58.8 Å². The second-order valence-corrected chi connectivity index (χ2v) is 7.49. The van der Waals surface area contributed by atoms with Gasteiger partial charge in [-0.15, -0.1) is 0 Å². The highest BCUT2D eigenvalue weighted by molar-refractivity contribution is 5.71. The van der Waals surface area contributed by atoms with Gasteiger partial charge in [-0.3, -0.25) is 4.79 Å². The summed E-state index contributed by atoms with van der Waals surface area (Å²) in [5, 5.41) is 0. The molecule has 0 aromatic heterocycles. The number of carbonyl (C=O) groups excluding carboxylic acids is 1. The third kappa shape index (κ3) is 3.79. The van der Waals surface area contributed by atoms with Crippen LogP contribution in [0.4, 0.5) is 0 Å². The Morgan fingerprint density at radius 3 is 2.82 bits per heavy atom. The number of esters is 1. The zero-order chi connectivity index (χ0) is 16.3. The fraction of sp³-hybridized carbons (Fsp3) is 0.550. The molecular weight excluding hydrogens is 272 g/mol. The van der Waals surface area contributed by atoms with Crippen molar-refractivity contribution in [2.75, 3.05) is 6.61 Å². The number of carbonyl (C=O) groups is 1. The van der Waals surface area contributed by atoms with Gasteiger partial charge >= 0.3 is 5.97 Å². The van der Waals surface area contributed by atoms with E-state index in [1.54, 1.807) is 6.08 Å². The molecule has 0 N–H and O–H groups in total. The van der Waals surface area contributed by atoms with E-state index >= 15 is 0 Å². The van der Waals surface area contributed by atoms with Crippen LogP contribution in [0.3, 0.4) is 0 Å². The number of fused-ring (bicyclic) bond motifs is 1. The van der Waals surface area contributed by atoms with Crippen LogP contribution in [0.1, 0.15) is 69.1 Å². The SMILES string of the molecule is C=CCOC(=O)CC(c1ccc2c(c1)C(C)CC2)C(C)(C)C. The van der Waals surface area contributed by atoms with Crippen molar-refractivity contribution in [3.8, 4) is 0 Å². The summed E-state index contributed by atoms with van der Waals surface area (Å²) in [5.41, 5.74) is 4.21. The molecule has 2 atom stereocenters. The van der Waals surface area contributed by atoms with E-state index in [2.05, 4.69) is 52.5 Å². The molecule has 1 aliphatic rings. The van der Waals surface area contributed by atoms with Crippen LogP contribution in [0.5, 0.6) is 0 Å². The van der Waals surface area contributed by atoms with E-state index in [9.17, 15) is 4.79 Å². The van der Waals surface area contributed by atoms with Gasteiger partial charge in [-0.25, -0.2) is 0 Å². The van der Waals surface area contributed by atoms with Crippen LogP contribution in [0, 0.1) is 5.41 Å². The van der Waals surface area contributed by atoms with Crippen LogP contribution >= 0.6 is 0 Å². The van der Waals surface area contributed by atoms with Gasteiger partial charge in [-0.1, -0.05) is 58.5 Å². The number of hydrogen-bond donors (Lipinski definition) is 0. The lowest BCUT2D eigenvalue weighted by Gasteiger charge is -2.31. The fourth-order valence-corrected chi connectivity index (χ4v) is 3.35. The summed E-state index contributed by atoms with van der Waals surface area (Å²) in [7, 11) is 0. The lowest BCUT2D eigenvalue weighted by atomic mass is 9.74. The molecule has 0 saturated heterocycles. The molecule has 0 saturated carbocycles. The van der Waals surface area contributed by atoms with Gasteiger partial charge in [-0.05, 0) is 46.8 Å². The number of benzene rings is 1. The maximum atomic E-state index is 12.1. The van der Waals surface area contributed by atoms with Crippen molar-refractivity contribution < 1.29 is 9.53 Å². The quantitative estimate of drug-likeness (QED) is 0.566. The summed E-state index contributed by atoms with van der Waals surface area (Å²) < 4.78 is 5.20. The highest BCUT2D eigenvalue weighted by Gasteiger charge is 2.30. The summed E-state index contributed by atoms with van der Waals surface area (Å²) in [6.45, 7) is 12.7. The molecule has 0 bridgehead atoms. The minimum Gasteiger partial charge on any atom is -0.461 e. The van der Waals surface area contributed by atoms with Crippen LogP contribution < -0.4 is 0 Å². The standard InChI is InChI=1S/C20H28O2/c1-6-11-22-19(21)13-18(20(3,4)5)16-10-9-15-8-7-14(2)17(15)12-16/h6,9-10,12,14,18H,1,7-8,11,13H2,2-5H3. The van der Waals surface area contributed by atoms with Gasteiger partial charge in [0, 0.05) is 0 Å². The smallest absolute Gasteiger partial charge is 0.306 e. The molecule has 2 heteroatoms. The van der Waals surface area contributed by atoms with Crippen molar-refractivity contribution in [1.29, 1.82) is 0 Å². The van der Waals surface area contributed by atoms with Crippen LogP contribution in [-0.4, -0.2) is 12.6 Å². The number of aryl methyl sites for hydroxylation is 1. The lowest BCUT2D eigenvalue weighted by molar-refractivity contribution is -0.143. The zero-order valence-electron chi connectivity index (χ0n) is 14.3. The molecule has 2 rings (SSSR count). The van der Waals surface area contributed by atoms with E-state index in [1.165, 1.54) is 29.5 Å². The molecule has 22 heavy (non-hydrogen) atoms. The van der Waals surface area contributed by atoms with Crippen molar-refractivity contribution >= 4 is 5.97 Å². The molecule has 0 spiro atoms. The van der Waals surface area contributed by atoms with Gasteiger partial charge in [0.05, 0.1) is 6.42 Å². The van der Waals surface area contributed by atoms with Crippen molar-refractivity contribution in [3.63, 3.8) is 0 Å². The third-order valence-electron chi connectivity index (χ3n) is 4.73. The maximum absolute atomic E-state index is 12.1. The summed E-state index contributed by atoms with van der Waals surface area (Å²) in [6.07, 6.45) is 4.45. The van der Waals surface area contributed by atoms with E-state index in [0.717, 1.165) is 0 Å². The molecule has 0 heterocycles. The molecule has 1 aromatic carbocycles. The van der Waals surface area contributed by atoms with Crippen molar-refractivity contribution in [3.05, 3.63) is 47.5 Å². The van der Waals surface area contributed by atoms with E-state index < -0.39 is 0 Å². The number of ether oxygens (including phenoxy) is 1. The van der Waals surface area contributed by atoms with Crippen LogP contribution in [0.15, 0.2) is 30.9 Å². The summed E-state index contributed by atoms with van der Waals surface area (Å²) >= 11 is 0. The Kier molecular flexibility index (Phi) is 5.10. The van der Waals surface area contributed by atoms with Gasteiger partial charge in [0.15, 0.2) is 0 Å². The largest absolute Gasteiger partial charge is 0.461 e. The molecular formula is C20H28O2. The Morgan fingerprint density at radius 2 is 2.18 bits per heavy atom. The average Bonchev–Trinajstić information content (AvgIpc) is 2.82. The molecule has 2 unspecified atom stereocenters. The van der Waals surface area contributed by atoms with Gasteiger partial charge in [0.25, 0.3) is 0 Å². The second kappa shape index (κ2) is 6.68. The molecule has 2 nitrogen and oxygen atoms in total. The minimum absolute atomic E-state index is 0.0171. The molecule has 1 aromatic rings. The minimum atomic E-state index is -0.145. The highest BCUT2D eigenvalue weighted by atomic mass is 16.5. The van der Waals surface area contributed by atoms with Gasteiger partial charge in [0.1, 0.15) is 6.61 Å². The predicted octanol–water partition coefficient (Wildman–Crippen LogP) is 4.99. The van der Waals surface area contributed by atoms with Crippen LogP contribution in [0.25, 0.3) is 0 Å². The predicted molar refractivity (Wildman–Crippen MR) is 91.1 cm³/mol. The fourth-order valence-electron chi connectivity index (χ4n) is 3.35. The zero-order valence-corrected chi connectivity index (χ0v) is 14.3. The highest BCUT2D eigenvalue weighted by Crippen LogP contribution is 2.41. The second-order valence-electron chi connectivity index (χ2n) is 7.49. The van der Waals surface area contributed by atoms with Crippen LogP contribution in [0.2, 0.25) is 0 Å². The van der Waals surface area contributed by atoms with Crippen molar-refractivity contribution in [1.82, 2.24) is 0 Å². The average molecular weight is 300 g/mol.